The largest absolute Gasteiger partial charge is 0.432 e. The Balaban J connectivity index is 1.75. The summed E-state index contributed by atoms with van der Waals surface area (Å²) in [6.07, 6.45) is 2.50. The van der Waals surface area contributed by atoms with Gasteiger partial charge in [0.05, 0.1) is 56.5 Å². The van der Waals surface area contributed by atoms with E-state index in [9.17, 15) is 0 Å². The third-order valence-corrected chi connectivity index (χ3v) is 6.30. The summed E-state index contributed by atoms with van der Waals surface area (Å²) in [6, 6.07) is 0. The van der Waals surface area contributed by atoms with E-state index in [1.807, 2.05) is 0 Å². The molecule has 5 heterocycles. The molecule has 1 N–H and O–H groups in total. The highest BCUT2D eigenvalue weighted by atomic mass is 16.5. The van der Waals surface area contributed by atoms with Crippen molar-refractivity contribution in [3.05, 3.63) is 23.1 Å². The van der Waals surface area contributed by atoms with Gasteiger partial charge >= 0.3 is 0 Å². The third-order valence-electron chi connectivity index (χ3n) is 6.30. The van der Waals surface area contributed by atoms with Gasteiger partial charge in [0.25, 0.3) is 0 Å². The fourth-order valence-electron chi connectivity index (χ4n) is 4.62. The summed E-state index contributed by atoms with van der Waals surface area (Å²) in [4.78, 5) is 18.1. The molecule has 2 aliphatic rings. The van der Waals surface area contributed by atoms with Crippen molar-refractivity contribution < 1.29 is 14.1 Å². The summed E-state index contributed by atoms with van der Waals surface area (Å²) >= 11 is 0. The molecule has 7 heteroatoms. The molecule has 0 spiro atoms. The first-order valence-electron chi connectivity index (χ1n) is 10.6. The molecule has 0 aromatic carbocycles. The van der Waals surface area contributed by atoms with Crippen molar-refractivity contribution in [2.24, 2.45) is 0 Å². The summed E-state index contributed by atoms with van der Waals surface area (Å²) in [7, 11) is 2.24. The minimum absolute atomic E-state index is 0.213. The minimum atomic E-state index is -0.213. The van der Waals surface area contributed by atoms with Gasteiger partial charge in [0.2, 0.25) is 5.71 Å². The highest BCUT2D eigenvalue weighted by molar-refractivity contribution is 6.06. The van der Waals surface area contributed by atoms with Crippen LogP contribution in [-0.4, -0.2) is 53.8 Å². The van der Waals surface area contributed by atoms with Crippen molar-refractivity contribution in [3.8, 4) is 0 Å². The van der Waals surface area contributed by atoms with Gasteiger partial charge < -0.3 is 19.0 Å². The Morgan fingerprint density at radius 3 is 2.62 bits per heavy atom. The Bertz CT molecular complexity index is 1080. The van der Waals surface area contributed by atoms with Gasteiger partial charge in [-0.3, -0.25) is 0 Å². The Labute approximate surface area is 171 Å². The van der Waals surface area contributed by atoms with Crippen molar-refractivity contribution in [2.75, 3.05) is 38.1 Å². The van der Waals surface area contributed by atoms with E-state index in [0.29, 0.717) is 18.2 Å². The number of hydrogen-bond donors (Lipinski definition) is 1. The van der Waals surface area contributed by atoms with E-state index in [2.05, 4.69) is 49.6 Å². The molecule has 1 saturated heterocycles. The number of pyridine rings is 1. The van der Waals surface area contributed by atoms with Crippen LogP contribution in [0.15, 0.2) is 10.7 Å². The zero-order valence-electron chi connectivity index (χ0n) is 18.0. The fourth-order valence-corrected chi connectivity index (χ4v) is 4.62. The lowest BCUT2D eigenvalue weighted by molar-refractivity contribution is -0.880. The summed E-state index contributed by atoms with van der Waals surface area (Å²) in [5.41, 5.74) is 5.67. The molecule has 1 fully saturated rings. The van der Waals surface area contributed by atoms with Gasteiger partial charge in [-0.2, -0.15) is 0 Å². The van der Waals surface area contributed by atoms with Crippen molar-refractivity contribution in [1.82, 2.24) is 15.0 Å². The number of nitrogens with zero attached hydrogens (tertiary/aromatic N) is 4. The normalized spacial score (nSPS) is 20.0. The number of furan rings is 1. The van der Waals surface area contributed by atoms with E-state index in [1.165, 1.54) is 11.1 Å². The smallest absolute Gasteiger partial charge is 0.229 e. The van der Waals surface area contributed by atoms with Crippen LogP contribution in [-0.2, 0) is 17.8 Å². The molecule has 2 aliphatic heterocycles. The molecule has 154 valence electrons. The molecule has 7 nitrogen and oxygen atoms in total. The first-order valence-corrected chi connectivity index (χ1v) is 10.6. The topological polar surface area (TPSA) is 68.7 Å². The predicted molar refractivity (Wildman–Crippen MR) is 113 cm³/mol. The van der Waals surface area contributed by atoms with Crippen LogP contribution in [0.1, 0.15) is 50.4 Å². The highest BCUT2D eigenvalue weighted by Gasteiger charge is 2.33. The van der Waals surface area contributed by atoms with Crippen molar-refractivity contribution >= 4 is 28.0 Å². The van der Waals surface area contributed by atoms with Gasteiger partial charge in [-0.15, -0.1) is 0 Å². The number of nitrogens with one attached hydrogen (secondary N) is 1. The van der Waals surface area contributed by atoms with Crippen LogP contribution in [0.2, 0.25) is 0 Å². The second-order valence-corrected chi connectivity index (χ2v) is 9.44. The fraction of sp³-hybridized carbons (Fsp3) is 0.591. The SMILES string of the molecule is CC(C)c1nc2oc3c(N4CC[NH+](C)CC4)ncnc3c2c2c1COC(C)(C)C2. The standard InChI is InChI=1S/C22H29N5O2/c1-13(2)17-15-11-28-22(3,4)10-14(15)16-18-19(29-21(16)25-17)20(24-12-23-18)27-8-6-26(5)7-9-27/h12-13H,6-11H2,1-5H3/p+1. The highest BCUT2D eigenvalue weighted by Crippen LogP contribution is 2.41. The molecular weight excluding hydrogens is 366 g/mol. The monoisotopic (exact) mass is 396 g/mol. The van der Waals surface area contributed by atoms with E-state index in [0.717, 1.165) is 60.6 Å². The zero-order chi connectivity index (χ0) is 20.3. The van der Waals surface area contributed by atoms with Gasteiger partial charge in [-0.25, -0.2) is 15.0 Å². The molecule has 0 radical (unpaired) electrons. The number of ether oxygens (including phenoxy) is 1. The maximum Gasteiger partial charge on any atom is 0.229 e. The molecule has 0 saturated carbocycles. The van der Waals surface area contributed by atoms with Gasteiger partial charge in [0, 0.05) is 12.0 Å². The molecule has 5 rings (SSSR count). The molecule has 0 aliphatic carbocycles. The summed E-state index contributed by atoms with van der Waals surface area (Å²) in [6.45, 7) is 13.4. The molecule has 0 bridgehead atoms. The number of anilines is 1. The summed E-state index contributed by atoms with van der Waals surface area (Å²) in [5, 5.41) is 1.04. The second-order valence-electron chi connectivity index (χ2n) is 9.44. The molecule has 0 amide bonds. The average molecular weight is 397 g/mol. The van der Waals surface area contributed by atoms with E-state index in [4.69, 9.17) is 14.1 Å². The zero-order valence-corrected chi connectivity index (χ0v) is 18.0. The summed E-state index contributed by atoms with van der Waals surface area (Å²) in [5.74, 6) is 1.20. The quantitative estimate of drug-likeness (QED) is 0.715. The molecule has 0 atom stereocenters. The lowest BCUT2D eigenvalue weighted by Gasteiger charge is -2.33. The van der Waals surface area contributed by atoms with Crippen LogP contribution in [0.25, 0.3) is 22.2 Å². The molecular formula is C22H30N5O2+. The van der Waals surface area contributed by atoms with Gasteiger partial charge in [0.15, 0.2) is 11.4 Å². The van der Waals surface area contributed by atoms with Gasteiger partial charge in [-0.1, -0.05) is 13.8 Å². The number of rotatable bonds is 2. The van der Waals surface area contributed by atoms with Crippen LogP contribution in [0, 0.1) is 0 Å². The van der Waals surface area contributed by atoms with E-state index in [-0.39, 0.29) is 5.60 Å². The average Bonchev–Trinajstić information content (AvgIpc) is 3.06. The minimum Gasteiger partial charge on any atom is -0.432 e. The second kappa shape index (κ2) is 6.64. The van der Waals surface area contributed by atoms with Crippen molar-refractivity contribution in [2.45, 2.75) is 52.2 Å². The Morgan fingerprint density at radius 2 is 1.90 bits per heavy atom. The molecule has 3 aromatic heterocycles. The summed E-state index contributed by atoms with van der Waals surface area (Å²) < 4.78 is 12.5. The molecule has 3 aromatic rings. The van der Waals surface area contributed by atoms with E-state index < -0.39 is 0 Å². The number of quaternary nitrogens is 1. The van der Waals surface area contributed by atoms with Crippen LogP contribution >= 0.6 is 0 Å². The Kier molecular flexibility index (Phi) is 4.29. The van der Waals surface area contributed by atoms with Crippen molar-refractivity contribution in [1.29, 1.82) is 0 Å². The van der Waals surface area contributed by atoms with Gasteiger partial charge in [0.1, 0.15) is 11.8 Å². The van der Waals surface area contributed by atoms with E-state index >= 15 is 0 Å². The Morgan fingerprint density at radius 1 is 1.14 bits per heavy atom. The van der Waals surface area contributed by atoms with Gasteiger partial charge in [-0.05, 0) is 25.3 Å². The number of piperazine rings is 1. The third kappa shape index (κ3) is 3.07. The van der Waals surface area contributed by atoms with Crippen LogP contribution < -0.4 is 9.80 Å². The first kappa shape index (κ1) is 18.8. The van der Waals surface area contributed by atoms with E-state index in [1.54, 1.807) is 11.2 Å². The number of fused-ring (bicyclic) bond motifs is 5. The maximum atomic E-state index is 6.36. The number of hydrogen-bond acceptors (Lipinski definition) is 6. The molecule has 0 unspecified atom stereocenters. The Hall–Kier alpha value is -2.25. The number of aromatic nitrogens is 3. The lowest BCUT2D eigenvalue weighted by atomic mass is 9.87. The van der Waals surface area contributed by atoms with Crippen LogP contribution in [0.4, 0.5) is 5.82 Å². The van der Waals surface area contributed by atoms with Crippen LogP contribution in [0.3, 0.4) is 0 Å². The molecule has 29 heavy (non-hydrogen) atoms. The lowest BCUT2D eigenvalue weighted by Crippen LogP contribution is -3.12. The number of likely N-dealkylation sites (N-methyl/N-ethyl adjacent to an activating group) is 1. The first-order chi connectivity index (χ1) is 13.8. The van der Waals surface area contributed by atoms with Crippen molar-refractivity contribution in [3.63, 3.8) is 0 Å². The predicted octanol–water partition coefficient (Wildman–Crippen LogP) is 2.08. The van der Waals surface area contributed by atoms with Crippen LogP contribution in [0.5, 0.6) is 0 Å². The maximum absolute atomic E-state index is 6.36.